The van der Waals surface area contributed by atoms with E-state index in [1.807, 2.05) is 0 Å². The molecule has 2 heteroatoms. The van der Waals surface area contributed by atoms with E-state index in [1.165, 1.54) is 51.4 Å². The summed E-state index contributed by atoms with van der Waals surface area (Å²) in [6, 6.07) is 0.896. The predicted molar refractivity (Wildman–Crippen MR) is 92.0 cm³/mol. The van der Waals surface area contributed by atoms with Crippen LogP contribution in [0.2, 0.25) is 0 Å². The third kappa shape index (κ3) is 3.64. The molecule has 2 fully saturated rings. The minimum absolute atomic E-state index is 0.446. The second kappa shape index (κ2) is 7.00. The van der Waals surface area contributed by atoms with Crippen molar-refractivity contribution in [3.8, 4) is 0 Å². The fourth-order valence-electron chi connectivity index (χ4n) is 5.74. The van der Waals surface area contributed by atoms with Crippen LogP contribution in [0.15, 0.2) is 0 Å². The molecule has 2 aliphatic rings. The van der Waals surface area contributed by atoms with Crippen molar-refractivity contribution >= 4 is 0 Å². The SMILES string of the molecule is CCC1CC(N)CCC1C(C)(C)C1CCC(N)CC1CC. The summed E-state index contributed by atoms with van der Waals surface area (Å²) in [6.07, 6.45) is 10.2. The van der Waals surface area contributed by atoms with Crippen molar-refractivity contribution in [1.82, 2.24) is 0 Å². The zero-order chi connectivity index (χ0) is 15.6. The molecule has 2 aliphatic carbocycles. The second-order valence-electron chi connectivity index (χ2n) is 8.52. The molecule has 21 heavy (non-hydrogen) atoms. The summed E-state index contributed by atoms with van der Waals surface area (Å²) in [6.45, 7) is 9.84. The second-order valence-corrected chi connectivity index (χ2v) is 8.52. The van der Waals surface area contributed by atoms with Crippen molar-refractivity contribution in [3.05, 3.63) is 0 Å². The Hall–Kier alpha value is -0.0800. The first-order valence-electron chi connectivity index (χ1n) is 9.41. The Balaban J connectivity index is 2.15. The molecular formula is C19H38N2. The highest BCUT2D eigenvalue weighted by Crippen LogP contribution is 2.53. The fourth-order valence-corrected chi connectivity index (χ4v) is 5.74. The van der Waals surface area contributed by atoms with Crippen LogP contribution in [-0.4, -0.2) is 12.1 Å². The minimum atomic E-state index is 0.446. The highest BCUT2D eigenvalue weighted by molar-refractivity contribution is 4.97. The summed E-state index contributed by atoms with van der Waals surface area (Å²) >= 11 is 0. The fraction of sp³-hybridized carbons (Fsp3) is 1.00. The van der Waals surface area contributed by atoms with Gasteiger partial charge in [0.1, 0.15) is 0 Å². The van der Waals surface area contributed by atoms with E-state index in [2.05, 4.69) is 27.7 Å². The average molecular weight is 295 g/mol. The highest BCUT2D eigenvalue weighted by atomic mass is 14.7. The average Bonchev–Trinajstić information content (AvgIpc) is 2.46. The van der Waals surface area contributed by atoms with Gasteiger partial charge >= 0.3 is 0 Å². The summed E-state index contributed by atoms with van der Waals surface area (Å²) in [5.74, 6) is 3.38. The van der Waals surface area contributed by atoms with E-state index in [0.29, 0.717) is 17.5 Å². The minimum Gasteiger partial charge on any atom is -0.328 e. The Morgan fingerprint density at radius 1 is 0.762 bits per heavy atom. The van der Waals surface area contributed by atoms with E-state index in [1.54, 1.807) is 0 Å². The van der Waals surface area contributed by atoms with Gasteiger partial charge in [-0.05, 0) is 67.6 Å². The molecule has 0 heterocycles. The lowest BCUT2D eigenvalue weighted by Crippen LogP contribution is -2.47. The van der Waals surface area contributed by atoms with Crippen molar-refractivity contribution in [1.29, 1.82) is 0 Å². The van der Waals surface area contributed by atoms with Crippen LogP contribution in [0.4, 0.5) is 0 Å². The van der Waals surface area contributed by atoms with Crippen LogP contribution in [0.1, 0.15) is 79.1 Å². The smallest absolute Gasteiger partial charge is 0.00416 e. The molecule has 124 valence electrons. The largest absolute Gasteiger partial charge is 0.328 e. The van der Waals surface area contributed by atoms with E-state index in [0.717, 1.165) is 23.7 Å². The lowest BCUT2D eigenvalue weighted by Gasteiger charge is -2.52. The normalized spacial score (nSPS) is 42.0. The molecular weight excluding hydrogens is 256 g/mol. The molecule has 0 bridgehead atoms. The molecule has 0 amide bonds. The van der Waals surface area contributed by atoms with Crippen LogP contribution in [0, 0.1) is 29.1 Å². The highest BCUT2D eigenvalue weighted by Gasteiger charge is 2.46. The maximum Gasteiger partial charge on any atom is 0.00416 e. The van der Waals surface area contributed by atoms with E-state index >= 15 is 0 Å². The Morgan fingerprint density at radius 3 is 1.48 bits per heavy atom. The first-order valence-corrected chi connectivity index (χ1v) is 9.41. The zero-order valence-electron chi connectivity index (χ0n) is 14.8. The monoisotopic (exact) mass is 294 g/mol. The summed E-state index contributed by atoms with van der Waals surface area (Å²) in [5, 5.41) is 0. The van der Waals surface area contributed by atoms with Crippen LogP contribution < -0.4 is 11.5 Å². The van der Waals surface area contributed by atoms with Crippen molar-refractivity contribution in [2.45, 2.75) is 91.1 Å². The first kappa shape index (κ1) is 17.3. The van der Waals surface area contributed by atoms with Crippen LogP contribution >= 0.6 is 0 Å². The lowest BCUT2D eigenvalue weighted by molar-refractivity contribution is -0.0164. The number of hydrogen-bond acceptors (Lipinski definition) is 2. The van der Waals surface area contributed by atoms with Crippen molar-refractivity contribution in [2.24, 2.45) is 40.6 Å². The van der Waals surface area contributed by atoms with Gasteiger partial charge in [-0.2, -0.15) is 0 Å². The van der Waals surface area contributed by atoms with Gasteiger partial charge in [0.05, 0.1) is 0 Å². The number of rotatable bonds is 4. The van der Waals surface area contributed by atoms with Crippen LogP contribution in [0.3, 0.4) is 0 Å². The third-order valence-corrected chi connectivity index (χ3v) is 7.01. The van der Waals surface area contributed by atoms with Gasteiger partial charge in [0.15, 0.2) is 0 Å². The quantitative estimate of drug-likeness (QED) is 0.811. The van der Waals surface area contributed by atoms with E-state index in [9.17, 15) is 0 Å². The lowest BCUT2D eigenvalue weighted by atomic mass is 9.54. The standard InChI is InChI=1S/C19H38N2/c1-5-13-11-15(20)7-9-17(13)19(3,4)18-10-8-16(21)12-14(18)6-2/h13-18H,5-12,20-21H2,1-4H3. The molecule has 4 N–H and O–H groups in total. The molecule has 6 atom stereocenters. The van der Waals surface area contributed by atoms with E-state index < -0.39 is 0 Å². The molecule has 0 saturated heterocycles. The van der Waals surface area contributed by atoms with Crippen LogP contribution in [0.5, 0.6) is 0 Å². The van der Waals surface area contributed by atoms with Crippen LogP contribution in [0.25, 0.3) is 0 Å². The van der Waals surface area contributed by atoms with Gasteiger partial charge in [-0.3, -0.25) is 0 Å². The molecule has 0 radical (unpaired) electrons. The predicted octanol–water partition coefficient (Wildman–Crippen LogP) is 4.32. The maximum atomic E-state index is 6.24. The van der Waals surface area contributed by atoms with Gasteiger partial charge in [-0.25, -0.2) is 0 Å². The number of hydrogen-bond donors (Lipinski definition) is 2. The molecule has 6 unspecified atom stereocenters. The van der Waals surface area contributed by atoms with Gasteiger partial charge in [0.25, 0.3) is 0 Å². The molecule has 0 aromatic rings. The molecule has 0 aromatic heterocycles. The van der Waals surface area contributed by atoms with E-state index in [-0.39, 0.29) is 0 Å². The van der Waals surface area contributed by atoms with Crippen molar-refractivity contribution in [2.75, 3.05) is 0 Å². The Morgan fingerprint density at radius 2 is 1.14 bits per heavy atom. The zero-order valence-corrected chi connectivity index (χ0v) is 14.8. The van der Waals surface area contributed by atoms with Gasteiger partial charge in [-0.1, -0.05) is 40.5 Å². The topological polar surface area (TPSA) is 52.0 Å². The number of nitrogens with two attached hydrogens (primary N) is 2. The van der Waals surface area contributed by atoms with Crippen LogP contribution in [-0.2, 0) is 0 Å². The summed E-state index contributed by atoms with van der Waals surface area (Å²) in [4.78, 5) is 0. The maximum absolute atomic E-state index is 6.24. The van der Waals surface area contributed by atoms with Gasteiger partial charge in [-0.15, -0.1) is 0 Å². The molecule has 2 nitrogen and oxygen atoms in total. The third-order valence-electron chi connectivity index (χ3n) is 7.01. The Bertz CT molecular complexity index is 296. The summed E-state index contributed by atoms with van der Waals surface area (Å²) in [5.41, 5.74) is 12.9. The molecule has 0 spiro atoms. The molecule has 2 rings (SSSR count). The van der Waals surface area contributed by atoms with Crippen molar-refractivity contribution < 1.29 is 0 Å². The van der Waals surface area contributed by atoms with Gasteiger partial charge in [0, 0.05) is 12.1 Å². The van der Waals surface area contributed by atoms with Gasteiger partial charge < -0.3 is 11.5 Å². The Kier molecular flexibility index (Phi) is 5.76. The Labute approximate surface area is 132 Å². The molecule has 0 aromatic carbocycles. The first-order chi connectivity index (χ1) is 9.90. The van der Waals surface area contributed by atoms with Gasteiger partial charge in [0.2, 0.25) is 0 Å². The van der Waals surface area contributed by atoms with Crippen molar-refractivity contribution in [3.63, 3.8) is 0 Å². The summed E-state index contributed by atoms with van der Waals surface area (Å²) in [7, 11) is 0. The summed E-state index contributed by atoms with van der Waals surface area (Å²) < 4.78 is 0. The molecule has 2 saturated carbocycles. The molecule has 0 aliphatic heterocycles. The van der Waals surface area contributed by atoms with E-state index in [4.69, 9.17) is 11.5 Å².